The van der Waals surface area contributed by atoms with Crippen LogP contribution in [-0.4, -0.2) is 41.3 Å². The van der Waals surface area contributed by atoms with Gasteiger partial charge in [-0.15, -0.1) is 0 Å². The lowest BCUT2D eigenvalue weighted by atomic mass is 9.97. The van der Waals surface area contributed by atoms with Gasteiger partial charge in [0.1, 0.15) is 5.69 Å². The van der Waals surface area contributed by atoms with E-state index in [1.165, 1.54) is 6.07 Å². The Kier molecular flexibility index (Phi) is 6.41. The Labute approximate surface area is 158 Å². The van der Waals surface area contributed by atoms with Crippen LogP contribution in [0.2, 0.25) is 0 Å². The molecule has 0 aliphatic carbocycles. The van der Waals surface area contributed by atoms with Crippen LogP contribution in [0.25, 0.3) is 0 Å². The third kappa shape index (κ3) is 5.54. The van der Waals surface area contributed by atoms with Gasteiger partial charge in [-0.1, -0.05) is 36.4 Å². The molecule has 0 bridgehead atoms. The lowest BCUT2D eigenvalue weighted by Crippen LogP contribution is -2.44. The van der Waals surface area contributed by atoms with E-state index >= 15 is 0 Å². The van der Waals surface area contributed by atoms with E-state index in [1.807, 2.05) is 30.3 Å². The van der Waals surface area contributed by atoms with Crippen molar-refractivity contribution < 1.29 is 9.59 Å². The van der Waals surface area contributed by atoms with Crippen molar-refractivity contribution in [1.82, 2.24) is 15.2 Å². The van der Waals surface area contributed by atoms with Crippen LogP contribution in [0.5, 0.6) is 0 Å². The largest absolute Gasteiger partial charge is 0.356 e. The number of rotatable bonds is 6. The molecule has 2 N–H and O–H groups in total. The number of piperidine rings is 1. The van der Waals surface area contributed by atoms with Gasteiger partial charge in [-0.25, -0.2) is 0 Å². The molecule has 1 aromatic carbocycles. The number of carbonyl (C=O) groups is 2. The molecule has 142 valence electrons. The van der Waals surface area contributed by atoms with Gasteiger partial charge >= 0.3 is 0 Å². The Morgan fingerprint density at radius 3 is 2.70 bits per heavy atom. The number of hydrogen-bond donors (Lipinski definition) is 2. The third-order valence-electron chi connectivity index (χ3n) is 4.88. The topological polar surface area (TPSA) is 82.3 Å². The van der Waals surface area contributed by atoms with Crippen molar-refractivity contribution in [3.05, 3.63) is 70.1 Å². The van der Waals surface area contributed by atoms with Crippen LogP contribution < -0.4 is 10.9 Å². The number of nitrogens with one attached hydrogen (secondary N) is 2. The van der Waals surface area contributed by atoms with Crippen molar-refractivity contribution in [3.8, 4) is 0 Å². The zero-order valence-corrected chi connectivity index (χ0v) is 15.3. The van der Waals surface area contributed by atoms with Gasteiger partial charge in [0.05, 0.1) is 0 Å². The first-order valence-electron chi connectivity index (χ1n) is 9.41. The maximum absolute atomic E-state index is 12.6. The first-order valence-corrected chi connectivity index (χ1v) is 9.41. The van der Waals surface area contributed by atoms with Crippen LogP contribution >= 0.6 is 0 Å². The van der Waals surface area contributed by atoms with Crippen molar-refractivity contribution in [3.63, 3.8) is 0 Å². The first-order chi connectivity index (χ1) is 13.1. The highest BCUT2D eigenvalue weighted by Crippen LogP contribution is 2.17. The van der Waals surface area contributed by atoms with Gasteiger partial charge in [-0.3, -0.25) is 14.4 Å². The zero-order chi connectivity index (χ0) is 19.1. The molecule has 2 amide bonds. The van der Waals surface area contributed by atoms with Gasteiger partial charge in [-0.2, -0.15) is 0 Å². The molecular formula is C21H25N3O3. The molecule has 0 saturated carbocycles. The number of H-pyrrole nitrogens is 1. The van der Waals surface area contributed by atoms with Crippen LogP contribution in [0, 0.1) is 5.92 Å². The number of aromatic nitrogens is 1. The number of benzene rings is 1. The number of carbonyl (C=O) groups excluding carboxylic acids is 2. The van der Waals surface area contributed by atoms with Gasteiger partial charge in [0.2, 0.25) is 11.5 Å². The Balaban J connectivity index is 1.46. The van der Waals surface area contributed by atoms with E-state index in [0.29, 0.717) is 31.7 Å². The highest BCUT2D eigenvalue weighted by Gasteiger charge is 2.25. The summed E-state index contributed by atoms with van der Waals surface area (Å²) in [7, 11) is 0. The Hall–Kier alpha value is -2.89. The number of aryl methyl sites for hydroxylation is 1. The SMILES string of the molecule is O=C(CCc1ccccc1)NC[C@@H]1CCCN(C(=O)c2cccc(=O)[nH]2)C1. The van der Waals surface area contributed by atoms with Crippen LogP contribution in [0.4, 0.5) is 0 Å². The minimum atomic E-state index is -0.278. The van der Waals surface area contributed by atoms with Gasteiger partial charge in [0.15, 0.2) is 0 Å². The van der Waals surface area contributed by atoms with Crippen molar-refractivity contribution in [2.75, 3.05) is 19.6 Å². The Morgan fingerprint density at radius 1 is 1.11 bits per heavy atom. The second-order valence-electron chi connectivity index (χ2n) is 6.98. The van der Waals surface area contributed by atoms with Crippen molar-refractivity contribution >= 4 is 11.8 Å². The van der Waals surface area contributed by atoms with E-state index < -0.39 is 0 Å². The number of pyridine rings is 1. The van der Waals surface area contributed by atoms with Gasteiger partial charge in [0, 0.05) is 32.1 Å². The quantitative estimate of drug-likeness (QED) is 0.819. The summed E-state index contributed by atoms with van der Waals surface area (Å²) in [6.45, 7) is 1.84. The predicted octanol–water partition coefficient (Wildman–Crippen LogP) is 1.98. The van der Waals surface area contributed by atoms with Gasteiger partial charge in [-0.05, 0) is 36.8 Å². The monoisotopic (exact) mass is 367 g/mol. The molecule has 0 unspecified atom stereocenters. The molecule has 0 spiro atoms. The van der Waals surface area contributed by atoms with Crippen molar-refractivity contribution in [2.24, 2.45) is 5.92 Å². The second kappa shape index (κ2) is 9.16. The van der Waals surface area contributed by atoms with E-state index in [9.17, 15) is 14.4 Å². The minimum absolute atomic E-state index is 0.0368. The average Bonchev–Trinajstić information content (AvgIpc) is 2.71. The van der Waals surface area contributed by atoms with Crippen LogP contribution in [0.3, 0.4) is 0 Å². The smallest absolute Gasteiger partial charge is 0.270 e. The van der Waals surface area contributed by atoms with E-state index in [0.717, 1.165) is 24.8 Å². The highest BCUT2D eigenvalue weighted by atomic mass is 16.2. The molecule has 6 heteroatoms. The lowest BCUT2D eigenvalue weighted by molar-refractivity contribution is -0.121. The zero-order valence-electron chi connectivity index (χ0n) is 15.3. The summed E-state index contributed by atoms with van der Waals surface area (Å²) >= 11 is 0. The fraction of sp³-hybridized carbons (Fsp3) is 0.381. The molecule has 2 heterocycles. The number of amides is 2. The van der Waals surface area contributed by atoms with Crippen molar-refractivity contribution in [1.29, 1.82) is 0 Å². The molecule has 1 aromatic heterocycles. The van der Waals surface area contributed by atoms with Gasteiger partial charge < -0.3 is 15.2 Å². The lowest BCUT2D eigenvalue weighted by Gasteiger charge is -2.32. The van der Waals surface area contributed by atoms with E-state index in [4.69, 9.17) is 0 Å². The number of nitrogens with zero attached hydrogens (tertiary/aromatic N) is 1. The van der Waals surface area contributed by atoms with Crippen molar-refractivity contribution in [2.45, 2.75) is 25.7 Å². The third-order valence-corrected chi connectivity index (χ3v) is 4.88. The average molecular weight is 367 g/mol. The summed E-state index contributed by atoms with van der Waals surface area (Å²) in [5.74, 6) is 0.112. The summed E-state index contributed by atoms with van der Waals surface area (Å²) in [4.78, 5) is 40.4. The van der Waals surface area contributed by atoms with E-state index in [1.54, 1.807) is 17.0 Å². The van der Waals surface area contributed by atoms with E-state index in [-0.39, 0.29) is 23.3 Å². The fourth-order valence-electron chi connectivity index (χ4n) is 3.41. The van der Waals surface area contributed by atoms with Gasteiger partial charge in [0.25, 0.3) is 5.91 Å². The molecule has 1 atom stereocenters. The Morgan fingerprint density at radius 2 is 1.93 bits per heavy atom. The molecule has 1 aliphatic heterocycles. The minimum Gasteiger partial charge on any atom is -0.356 e. The maximum Gasteiger partial charge on any atom is 0.270 e. The molecule has 1 saturated heterocycles. The molecule has 2 aromatic rings. The molecular weight excluding hydrogens is 342 g/mol. The fourth-order valence-corrected chi connectivity index (χ4v) is 3.41. The Bertz CT molecular complexity index is 832. The summed E-state index contributed by atoms with van der Waals surface area (Å²) in [5.41, 5.74) is 1.19. The normalized spacial score (nSPS) is 16.7. The van der Waals surface area contributed by atoms with Crippen LogP contribution in [0.15, 0.2) is 53.3 Å². The second-order valence-corrected chi connectivity index (χ2v) is 6.98. The molecule has 0 radical (unpaired) electrons. The molecule has 27 heavy (non-hydrogen) atoms. The summed E-state index contributed by atoms with van der Waals surface area (Å²) < 4.78 is 0. The van der Waals surface area contributed by atoms with E-state index in [2.05, 4.69) is 10.3 Å². The summed E-state index contributed by atoms with van der Waals surface area (Å²) in [5, 5.41) is 3.00. The number of likely N-dealkylation sites (tertiary alicyclic amines) is 1. The first kappa shape index (κ1) is 18.9. The maximum atomic E-state index is 12.6. The number of aromatic amines is 1. The summed E-state index contributed by atoms with van der Waals surface area (Å²) in [6.07, 6.45) is 3.06. The highest BCUT2D eigenvalue weighted by molar-refractivity contribution is 5.92. The van der Waals surface area contributed by atoms with Crippen LogP contribution in [-0.2, 0) is 11.2 Å². The molecule has 1 aliphatic rings. The predicted molar refractivity (Wildman–Crippen MR) is 103 cm³/mol. The van der Waals surface area contributed by atoms with Crippen LogP contribution in [0.1, 0.15) is 35.3 Å². The number of hydrogen-bond acceptors (Lipinski definition) is 3. The standard InChI is InChI=1S/C21H25N3O3/c25-19(12-11-16-6-2-1-3-7-16)22-14-17-8-5-13-24(15-17)21(27)18-9-4-10-20(26)23-18/h1-4,6-7,9-10,17H,5,8,11-15H2,(H,22,25)(H,23,26)/t17-/m0/s1. The molecule has 6 nitrogen and oxygen atoms in total. The summed E-state index contributed by atoms with van der Waals surface area (Å²) in [6, 6.07) is 14.5. The molecule has 3 rings (SSSR count). The molecule has 1 fully saturated rings.